The molecule has 0 radical (unpaired) electrons. The maximum Gasteiger partial charge on any atom is 0.274 e. The van der Waals surface area contributed by atoms with Crippen LogP contribution in [0.4, 0.5) is 17.3 Å². The predicted molar refractivity (Wildman–Crippen MR) is 105 cm³/mol. The molecule has 3 aromatic rings. The van der Waals surface area contributed by atoms with Gasteiger partial charge in [-0.25, -0.2) is 9.97 Å². The highest BCUT2D eigenvalue weighted by Crippen LogP contribution is 2.18. The zero-order valence-corrected chi connectivity index (χ0v) is 15.2. The van der Waals surface area contributed by atoms with E-state index in [0.717, 1.165) is 29.1 Å². The number of amides is 1. The van der Waals surface area contributed by atoms with Crippen molar-refractivity contribution >= 4 is 23.2 Å². The van der Waals surface area contributed by atoms with Gasteiger partial charge in [0.05, 0.1) is 0 Å². The monoisotopic (exact) mass is 346 g/mol. The molecule has 2 N–H and O–H groups in total. The minimum absolute atomic E-state index is 0.257. The van der Waals surface area contributed by atoms with Crippen LogP contribution in [0.15, 0.2) is 54.6 Å². The Bertz CT molecular complexity index is 920. The summed E-state index contributed by atoms with van der Waals surface area (Å²) >= 11 is 0. The first kappa shape index (κ1) is 17.6. The van der Waals surface area contributed by atoms with E-state index in [1.54, 1.807) is 6.07 Å². The molecule has 1 heterocycles. The minimum Gasteiger partial charge on any atom is -0.324 e. The lowest BCUT2D eigenvalue weighted by atomic mass is 10.1. The summed E-state index contributed by atoms with van der Waals surface area (Å²) in [6.45, 7) is 5.95. The molecule has 0 saturated carbocycles. The van der Waals surface area contributed by atoms with Gasteiger partial charge in [0.2, 0.25) is 5.95 Å². The Labute approximate surface area is 153 Å². The van der Waals surface area contributed by atoms with E-state index in [4.69, 9.17) is 0 Å². The van der Waals surface area contributed by atoms with Crippen LogP contribution in [0, 0.1) is 13.8 Å². The van der Waals surface area contributed by atoms with Crippen molar-refractivity contribution in [2.45, 2.75) is 27.2 Å². The van der Waals surface area contributed by atoms with Crippen molar-refractivity contribution in [3.63, 3.8) is 0 Å². The number of aromatic nitrogens is 2. The Kier molecular flexibility index (Phi) is 5.27. The number of benzene rings is 2. The topological polar surface area (TPSA) is 66.9 Å². The molecule has 5 nitrogen and oxygen atoms in total. The van der Waals surface area contributed by atoms with Gasteiger partial charge >= 0.3 is 0 Å². The second-order valence-corrected chi connectivity index (χ2v) is 6.16. The summed E-state index contributed by atoms with van der Waals surface area (Å²) in [5, 5.41) is 6.07. The third-order valence-electron chi connectivity index (χ3n) is 4.10. The minimum atomic E-state index is -0.257. The van der Waals surface area contributed by atoms with Crippen molar-refractivity contribution in [3.05, 3.63) is 77.1 Å². The lowest BCUT2D eigenvalue weighted by Crippen LogP contribution is -2.15. The van der Waals surface area contributed by atoms with Crippen LogP contribution in [0.25, 0.3) is 0 Å². The zero-order chi connectivity index (χ0) is 18.5. The number of nitrogens with zero attached hydrogens (tertiary/aromatic N) is 2. The lowest BCUT2D eigenvalue weighted by molar-refractivity contribution is 0.102. The fourth-order valence-corrected chi connectivity index (χ4v) is 2.59. The summed E-state index contributed by atoms with van der Waals surface area (Å²) in [4.78, 5) is 21.3. The predicted octanol–water partition coefficient (Wildman–Crippen LogP) is 4.65. The van der Waals surface area contributed by atoms with Crippen LogP contribution in [0.3, 0.4) is 0 Å². The Morgan fingerprint density at radius 2 is 1.73 bits per heavy atom. The van der Waals surface area contributed by atoms with E-state index in [0.29, 0.717) is 11.6 Å². The molecule has 26 heavy (non-hydrogen) atoms. The van der Waals surface area contributed by atoms with Crippen LogP contribution in [-0.2, 0) is 6.42 Å². The normalized spacial score (nSPS) is 10.4. The van der Waals surface area contributed by atoms with E-state index < -0.39 is 0 Å². The average molecular weight is 346 g/mol. The van der Waals surface area contributed by atoms with E-state index >= 15 is 0 Å². The first-order valence-corrected chi connectivity index (χ1v) is 8.64. The SMILES string of the molecule is CCc1ccc(NC(=O)c2cc(C)nc(Nc3ccccc3C)n2)cc1. The van der Waals surface area contributed by atoms with Gasteiger partial charge in [0.15, 0.2) is 0 Å². The van der Waals surface area contributed by atoms with Crippen LogP contribution < -0.4 is 10.6 Å². The van der Waals surface area contributed by atoms with E-state index in [1.165, 1.54) is 5.56 Å². The molecule has 0 aliphatic heterocycles. The van der Waals surface area contributed by atoms with E-state index in [-0.39, 0.29) is 5.91 Å². The van der Waals surface area contributed by atoms with Gasteiger partial charge in [-0.15, -0.1) is 0 Å². The number of hydrogen-bond acceptors (Lipinski definition) is 4. The molecule has 0 unspecified atom stereocenters. The molecule has 0 aliphatic rings. The molecule has 0 atom stereocenters. The van der Waals surface area contributed by atoms with Gasteiger partial charge in [-0.3, -0.25) is 4.79 Å². The fraction of sp³-hybridized carbons (Fsp3) is 0.190. The molecule has 1 aromatic heterocycles. The summed E-state index contributed by atoms with van der Waals surface area (Å²) in [5.41, 5.74) is 5.03. The molecule has 0 spiro atoms. The molecule has 0 bridgehead atoms. The number of anilines is 3. The van der Waals surface area contributed by atoms with Crippen molar-refractivity contribution in [2.75, 3.05) is 10.6 Å². The molecule has 1 amide bonds. The highest BCUT2D eigenvalue weighted by atomic mass is 16.1. The third kappa shape index (κ3) is 4.25. The number of para-hydroxylation sites is 1. The van der Waals surface area contributed by atoms with Crippen molar-refractivity contribution in [1.82, 2.24) is 9.97 Å². The largest absolute Gasteiger partial charge is 0.324 e. The third-order valence-corrected chi connectivity index (χ3v) is 4.10. The van der Waals surface area contributed by atoms with Gasteiger partial charge in [-0.2, -0.15) is 0 Å². The van der Waals surface area contributed by atoms with Gasteiger partial charge in [0, 0.05) is 17.1 Å². The number of hydrogen-bond donors (Lipinski definition) is 2. The van der Waals surface area contributed by atoms with Crippen molar-refractivity contribution in [3.8, 4) is 0 Å². The quantitative estimate of drug-likeness (QED) is 0.705. The van der Waals surface area contributed by atoms with E-state index in [9.17, 15) is 4.79 Å². The van der Waals surface area contributed by atoms with Gasteiger partial charge in [0.1, 0.15) is 5.69 Å². The second-order valence-electron chi connectivity index (χ2n) is 6.16. The highest BCUT2D eigenvalue weighted by Gasteiger charge is 2.12. The Morgan fingerprint density at radius 1 is 1.00 bits per heavy atom. The fourth-order valence-electron chi connectivity index (χ4n) is 2.59. The van der Waals surface area contributed by atoms with Crippen LogP contribution in [0.1, 0.15) is 34.2 Å². The molecule has 0 saturated heterocycles. The average Bonchev–Trinajstić information content (AvgIpc) is 2.64. The number of nitrogens with one attached hydrogen (secondary N) is 2. The number of rotatable bonds is 5. The summed E-state index contributed by atoms with van der Waals surface area (Å²) in [6.07, 6.45) is 0.966. The number of carbonyl (C=O) groups excluding carboxylic acids is 1. The van der Waals surface area contributed by atoms with Crippen molar-refractivity contribution < 1.29 is 4.79 Å². The first-order valence-electron chi connectivity index (χ1n) is 8.64. The maximum absolute atomic E-state index is 12.6. The summed E-state index contributed by atoms with van der Waals surface area (Å²) in [7, 11) is 0. The van der Waals surface area contributed by atoms with Crippen LogP contribution in [0.2, 0.25) is 0 Å². The zero-order valence-electron chi connectivity index (χ0n) is 15.2. The van der Waals surface area contributed by atoms with Gasteiger partial charge in [0.25, 0.3) is 5.91 Å². The van der Waals surface area contributed by atoms with Crippen molar-refractivity contribution in [2.24, 2.45) is 0 Å². The van der Waals surface area contributed by atoms with Gasteiger partial charge in [-0.1, -0.05) is 37.3 Å². The van der Waals surface area contributed by atoms with Crippen molar-refractivity contribution in [1.29, 1.82) is 0 Å². The molecule has 0 fully saturated rings. The number of carbonyl (C=O) groups is 1. The standard InChI is InChI=1S/C21H22N4O/c1-4-16-9-11-17(12-10-16)23-20(26)19-13-15(3)22-21(25-19)24-18-8-6-5-7-14(18)2/h5-13H,4H2,1-3H3,(H,23,26)(H,22,24,25). The first-order chi connectivity index (χ1) is 12.5. The Balaban J connectivity index is 1.80. The molecule has 5 heteroatoms. The molecular weight excluding hydrogens is 324 g/mol. The van der Waals surface area contributed by atoms with Crippen LogP contribution in [-0.4, -0.2) is 15.9 Å². The molecule has 3 rings (SSSR count). The van der Waals surface area contributed by atoms with Gasteiger partial charge in [-0.05, 0) is 55.7 Å². The maximum atomic E-state index is 12.6. The summed E-state index contributed by atoms with van der Waals surface area (Å²) in [5.74, 6) is 0.151. The van der Waals surface area contributed by atoms with Crippen LogP contribution >= 0.6 is 0 Å². The molecular formula is C21H22N4O. The second kappa shape index (κ2) is 7.78. The number of aryl methyl sites for hydroxylation is 3. The Hall–Kier alpha value is -3.21. The summed E-state index contributed by atoms with van der Waals surface area (Å²) in [6, 6.07) is 17.4. The van der Waals surface area contributed by atoms with Gasteiger partial charge < -0.3 is 10.6 Å². The van der Waals surface area contributed by atoms with E-state index in [2.05, 4.69) is 27.5 Å². The lowest BCUT2D eigenvalue weighted by Gasteiger charge is -2.10. The smallest absolute Gasteiger partial charge is 0.274 e. The van der Waals surface area contributed by atoms with Crippen LogP contribution in [0.5, 0.6) is 0 Å². The molecule has 2 aromatic carbocycles. The Morgan fingerprint density at radius 3 is 2.42 bits per heavy atom. The van der Waals surface area contributed by atoms with E-state index in [1.807, 2.05) is 62.4 Å². The molecule has 0 aliphatic carbocycles. The molecule has 132 valence electrons. The summed E-state index contributed by atoms with van der Waals surface area (Å²) < 4.78 is 0. The highest BCUT2D eigenvalue weighted by molar-refractivity contribution is 6.03.